The summed E-state index contributed by atoms with van der Waals surface area (Å²) in [6, 6.07) is 1.78. The summed E-state index contributed by atoms with van der Waals surface area (Å²) < 4.78 is 13.3. The molecule has 6 heteroatoms. The molecule has 3 heterocycles. The number of imidazole rings is 1. The topological polar surface area (TPSA) is 60.5 Å². The van der Waals surface area contributed by atoms with Gasteiger partial charge in [-0.2, -0.15) is 0 Å². The number of nitrogens with zero attached hydrogens (tertiary/aromatic N) is 3. The Bertz CT molecular complexity index is 745. The molecule has 4 rings (SSSR count). The molecule has 1 saturated carbocycles. The summed E-state index contributed by atoms with van der Waals surface area (Å²) in [5.74, 6) is 1.38. The molecule has 0 radical (unpaired) electrons. The Morgan fingerprint density at radius 3 is 2.96 bits per heavy atom. The predicted octanol–water partition coefficient (Wildman–Crippen LogP) is 2.32. The van der Waals surface area contributed by atoms with Gasteiger partial charge in [-0.1, -0.05) is 0 Å². The highest BCUT2D eigenvalue weighted by molar-refractivity contribution is 5.95. The van der Waals surface area contributed by atoms with Crippen LogP contribution in [0.4, 0.5) is 0 Å². The Morgan fingerprint density at radius 2 is 2.25 bits per heavy atom. The van der Waals surface area contributed by atoms with Crippen molar-refractivity contribution in [1.82, 2.24) is 14.5 Å². The van der Waals surface area contributed by atoms with Gasteiger partial charge in [-0.15, -0.1) is 0 Å². The number of aromatic nitrogens is 2. The standard InChI is InChI=1S/C18H23N3O3/c1-12-15(5-6-24-12)18(22)21-8-16-17(20(2)11-19-16)7-14(21)10-23-9-13-3-4-13/h5-6,11,13-14H,3-4,7-10H2,1-2H3. The highest BCUT2D eigenvalue weighted by Crippen LogP contribution is 2.30. The second kappa shape index (κ2) is 6.09. The van der Waals surface area contributed by atoms with Crippen molar-refractivity contribution in [3.05, 3.63) is 41.4 Å². The first-order valence-corrected chi connectivity index (χ1v) is 8.55. The number of furan rings is 1. The van der Waals surface area contributed by atoms with Crippen LogP contribution >= 0.6 is 0 Å². The summed E-state index contributed by atoms with van der Waals surface area (Å²) in [6.45, 7) is 3.73. The van der Waals surface area contributed by atoms with Crippen LogP contribution in [0.3, 0.4) is 0 Å². The lowest BCUT2D eigenvalue weighted by atomic mass is 10.0. The van der Waals surface area contributed by atoms with Crippen LogP contribution in [0.2, 0.25) is 0 Å². The Balaban J connectivity index is 1.55. The van der Waals surface area contributed by atoms with E-state index in [1.54, 1.807) is 12.3 Å². The highest BCUT2D eigenvalue weighted by atomic mass is 16.5. The molecule has 1 fully saturated rings. The third-order valence-corrected chi connectivity index (χ3v) is 5.05. The first-order valence-electron chi connectivity index (χ1n) is 8.55. The number of carbonyl (C=O) groups excluding carboxylic acids is 1. The smallest absolute Gasteiger partial charge is 0.258 e. The summed E-state index contributed by atoms with van der Waals surface area (Å²) in [5.41, 5.74) is 2.80. The zero-order chi connectivity index (χ0) is 16.7. The molecule has 0 spiro atoms. The van der Waals surface area contributed by atoms with Gasteiger partial charge in [-0.25, -0.2) is 4.98 Å². The minimum absolute atomic E-state index is 0.00225. The number of hydrogen-bond donors (Lipinski definition) is 0. The SMILES string of the molecule is Cc1occc1C(=O)N1Cc2ncn(C)c2CC1COCC1CC1. The number of aryl methyl sites for hydroxylation is 2. The van der Waals surface area contributed by atoms with Crippen LogP contribution in [0.5, 0.6) is 0 Å². The summed E-state index contributed by atoms with van der Waals surface area (Å²) >= 11 is 0. The van der Waals surface area contributed by atoms with Crippen molar-refractivity contribution in [2.75, 3.05) is 13.2 Å². The van der Waals surface area contributed by atoms with Gasteiger partial charge in [0, 0.05) is 25.8 Å². The van der Waals surface area contributed by atoms with Crippen molar-refractivity contribution in [3.8, 4) is 0 Å². The van der Waals surface area contributed by atoms with Crippen LogP contribution in [0.15, 0.2) is 23.1 Å². The molecule has 2 aromatic rings. The van der Waals surface area contributed by atoms with Crippen molar-refractivity contribution < 1.29 is 13.9 Å². The maximum absolute atomic E-state index is 13.0. The molecule has 1 amide bonds. The van der Waals surface area contributed by atoms with Gasteiger partial charge in [0.1, 0.15) is 5.76 Å². The molecule has 0 N–H and O–H groups in total. The van der Waals surface area contributed by atoms with Gasteiger partial charge in [0.15, 0.2) is 0 Å². The first kappa shape index (κ1) is 15.4. The minimum Gasteiger partial charge on any atom is -0.469 e. The quantitative estimate of drug-likeness (QED) is 0.844. The lowest BCUT2D eigenvalue weighted by Gasteiger charge is -2.35. The third kappa shape index (κ3) is 2.86. The molecule has 2 aromatic heterocycles. The van der Waals surface area contributed by atoms with Gasteiger partial charge < -0.3 is 18.6 Å². The van der Waals surface area contributed by atoms with Gasteiger partial charge in [0.05, 0.1) is 43.0 Å². The fourth-order valence-electron chi connectivity index (χ4n) is 3.33. The Morgan fingerprint density at radius 1 is 1.42 bits per heavy atom. The molecule has 1 atom stereocenters. The molecule has 6 nitrogen and oxygen atoms in total. The molecule has 24 heavy (non-hydrogen) atoms. The average molecular weight is 329 g/mol. The van der Waals surface area contributed by atoms with E-state index >= 15 is 0 Å². The molecule has 1 unspecified atom stereocenters. The monoisotopic (exact) mass is 329 g/mol. The Labute approximate surface area is 141 Å². The van der Waals surface area contributed by atoms with E-state index in [4.69, 9.17) is 9.15 Å². The Hall–Kier alpha value is -2.08. The van der Waals surface area contributed by atoms with Crippen LogP contribution in [-0.2, 0) is 24.8 Å². The van der Waals surface area contributed by atoms with Crippen molar-refractivity contribution in [2.24, 2.45) is 13.0 Å². The maximum atomic E-state index is 13.0. The van der Waals surface area contributed by atoms with Gasteiger partial charge >= 0.3 is 0 Å². The largest absolute Gasteiger partial charge is 0.469 e. The van der Waals surface area contributed by atoms with Crippen LogP contribution in [0.25, 0.3) is 0 Å². The summed E-state index contributed by atoms with van der Waals surface area (Å²) in [5, 5.41) is 0. The molecule has 0 bridgehead atoms. The van der Waals surface area contributed by atoms with Gasteiger partial charge in [0.2, 0.25) is 0 Å². The van der Waals surface area contributed by atoms with E-state index < -0.39 is 0 Å². The lowest BCUT2D eigenvalue weighted by molar-refractivity contribution is 0.0335. The van der Waals surface area contributed by atoms with Crippen LogP contribution in [0.1, 0.15) is 40.3 Å². The zero-order valence-electron chi connectivity index (χ0n) is 14.2. The van der Waals surface area contributed by atoms with E-state index in [0.29, 0.717) is 24.5 Å². The third-order valence-electron chi connectivity index (χ3n) is 5.05. The number of rotatable bonds is 5. The second-order valence-electron chi connectivity index (χ2n) is 6.91. The van der Waals surface area contributed by atoms with E-state index in [2.05, 4.69) is 4.98 Å². The number of ether oxygens (including phenoxy) is 1. The number of fused-ring (bicyclic) bond motifs is 1. The van der Waals surface area contributed by atoms with Crippen molar-refractivity contribution in [1.29, 1.82) is 0 Å². The molecule has 0 saturated heterocycles. The van der Waals surface area contributed by atoms with E-state index in [1.165, 1.54) is 18.5 Å². The highest BCUT2D eigenvalue weighted by Gasteiger charge is 2.34. The summed E-state index contributed by atoms with van der Waals surface area (Å²) in [7, 11) is 2.01. The Kier molecular flexibility index (Phi) is 3.92. The molecule has 0 aromatic carbocycles. The fourth-order valence-corrected chi connectivity index (χ4v) is 3.33. The maximum Gasteiger partial charge on any atom is 0.258 e. The second-order valence-corrected chi connectivity index (χ2v) is 6.91. The van der Waals surface area contributed by atoms with Crippen molar-refractivity contribution in [3.63, 3.8) is 0 Å². The number of carbonyl (C=O) groups is 1. The first-order chi connectivity index (χ1) is 11.6. The van der Waals surface area contributed by atoms with Gasteiger partial charge in [0.25, 0.3) is 5.91 Å². The molecular weight excluding hydrogens is 306 g/mol. The van der Waals surface area contributed by atoms with Gasteiger partial charge in [-0.05, 0) is 31.7 Å². The van der Waals surface area contributed by atoms with Crippen LogP contribution < -0.4 is 0 Å². The van der Waals surface area contributed by atoms with E-state index in [0.717, 1.165) is 24.6 Å². The summed E-state index contributed by atoms with van der Waals surface area (Å²) in [4.78, 5) is 19.3. The minimum atomic E-state index is -0.00225. The molecule has 1 aliphatic carbocycles. The van der Waals surface area contributed by atoms with E-state index in [1.807, 2.05) is 29.8 Å². The molecule has 1 aliphatic heterocycles. The van der Waals surface area contributed by atoms with Crippen LogP contribution in [0, 0.1) is 12.8 Å². The van der Waals surface area contributed by atoms with Gasteiger partial charge in [-0.3, -0.25) is 4.79 Å². The number of amides is 1. The average Bonchev–Trinajstić information content (AvgIpc) is 3.19. The van der Waals surface area contributed by atoms with E-state index in [9.17, 15) is 4.79 Å². The molecule has 128 valence electrons. The van der Waals surface area contributed by atoms with Crippen LogP contribution in [-0.4, -0.2) is 39.6 Å². The molecular formula is C18H23N3O3. The van der Waals surface area contributed by atoms with E-state index in [-0.39, 0.29) is 11.9 Å². The zero-order valence-corrected chi connectivity index (χ0v) is 14.2. The normalized spacial score (nSPS) is 20.2. The summed E-state index contributed by atoms with van der Waals surface area (Å²) in [6.07, 6.45) is 6.71. The lowest BCUT2D eigenvalue weighted by Crippen LogP contribution is -2.47. The molecule has 2 aliphatic rings. The predicted molar refractivity (Wildman–Crippen MR) is 87.6 cm³/mol. The van der Waals surface area contributed by atoms with Crippen molar-refractivity contribution >= 4 is 5.91 Å². The number of hydrogen-bond acceptors (Lipinski definition) is 4. The van der Waals surface area contributed by atoms with Crippen molar-refractivity contribution in [2.45, 2.75) is 38.8 Å². The fraction of sp³-hybridized carbons (Fsp3) is 0.556.